The number of carbonyl (C=O) groups is 1. The van der Waals surface area contributed by atoms with Gasteiger partial charge in [0.1, 0.15) is 5.75 Å². The van der Waals surface area contributed by atoms with Crippen LogP contribution in [0.5, 0.6) is 5.75 Å². The summed E-state index contributed by atoms with van der Waals surface area (Å²) < 4.78 is 44.0. The number of anilines is 1. The largest absolute Gasteiger partial charge is 0.493 e. The molecular weight excluding hydrogens is 463 g/mol. The van der Waals surface area contributed by atoms with Gasteiger partial charge in [-0.05, 0) is 68.7 Å². The first-order chi connectivity index (χ1) is 16.4. The minimum absolute atomic E-state index is 0.0497. The maximum absolute atomic E-state index is 13.3. The number of amides is 2. The normalized spacial score (nSPS) is 22.1. The lowest BCUT2D eigenvalue weighted by Crippen LogP contribution is -2.50. The van der Waals surface area contributed by atoms with E-state index in [0.29, 0.717) is 23.4 Å². The van der Waals surface area contributed by atoms with E-state index in [-0.39, 0.29) is 18.1 Å². The van der Waals surface area contributed by atoms with E-state index in [0.717, 1.165) is 63.5 Å². The van der Waals surface area contributed by atoms with Crippen LogP contribution < -0.4 is 10.1 Å². The molecule has 5 nitrogen and oxygen atoms in total. The number of benzene rings is 1. The molecule has 0 saturated heterocycles. The maximum Gasteiger partial charge on any atom is 0.416 e. The summed E-state index contributed by atoms with van der Waals surface area (Å²) in [5, 5.41) is 5.48. The summed E-state index contributed by atoms with van der Waals surface area (Å²) in [6.45, 7) is 0.479. The van der Waals surface area contributed by atoms with E-state index in [1.807, 2.05) is 5.38 Å². The molecule has 0 atom stereocenters. The molecule has 2 fully saturated rings. The third-order valence-corrected chi connectivity index (χ3v) is 7.66. The topological polar surface area (TPSA) is 54.5 Å². The van der Waals surface area contributed by atoms with Gasteiger partial charge in [0, 0.05) is 23.7 Å². The number of nitrogens with one attached hydrogen (secondary N) is 1. The molecule has 1 aromatic carbocycles. The van der Waals surface area contributed by atoms with Crippen LogP contribution in [0.1, 0.15) is 69.8 Å². The molecule has 1 N–H and O–H groups in total. The molecular formula is C25H32F3N3O2S. The van der Waals surface area contributed by atoms with Gasteiger partial charge in [-0.3, -0.25) is 5.32 Å². The second-order valence-corrected chi connectivity index (χ2v) is 10.2. The Balaban J connectivity index is 1.33. The predicted octanol–water partition coefficient (Wildman–Crippen LogP) is 7.36. The summed E-state index contributed by atoms with van der Waals surface area (Å²) in [5.41, 5.74) is -0.671. The number of carbonyl (C=O) groups excluding carboxylic acids is 1. The zero-order valence-corrected chi connectivity index (χ0v) is 20.0. The van der Waals surface area contributed by atoms with Crippen molar-refractivity contribution < 1.29 is 22.7 Å². The first-order valence-corrected chi connectivity index (χ1v) is 13.1. The number of urea groups is 1. The van der Waals surface area contributed by atoms with E-state index in [2.05, 4.69) is 15.2 Å². The zero-order chi connectivity index (χ0) is 24.0. The van der Waals surface area contributed by atoms with Crippen molar-refractivity contribution >= 4 is 22.5 Å². The molecule has 186 valence electrons. The van der Waals surface area contributed by atoms with Gasteiger partial charge in [0.05, 0.1) is 12.2 Å². The Morgan fingerprint density at radius 3 is 2.24 bits per heavy atom. The van der Waals surface area contributed by atoms with Crippen LogP contribution in [0.3, 0.4) is 0 Å². The molecule has 4 rings (SSSR count). The molecule has 2 saturated carbocycles. The molecule has 0 unspecified atom stereocenters. The van der Waals surface area contributed by atoms with Crippen molar-refractivity contribution in [2.45, 2.75) is 82.5 Å². The van der Waals surface area contributed by atoms with Crippen LogP contribution >= 0.6 is 11.3 Å². The minimum atomic E-state index is -4.34. The van der Waals surface area contributed by atoms with Crippen molar-refractivity contribution in [1.82, 2.24) is 9.88 Å². The fourth-order valence-corrected chi connectivity index (χ4v) is 5.67. The van der Waals surface area contributed by atoms with Crippen molar-refractivity contribution in [1.29, 1.82) is 0 Å². The van der Waals surface area contributed by atoms with E-state index in [1.165, 1.54) is 36.3 Å². The molecule has 0 bridgehead atoms. The number of hydrogen-bond acceptors (Lipinski definition) is 4. The van der Waals surface area contributed by atoms with Gasteiger partial charge < -0.3 is 9.64 Å². The number of ether oxygens (including phenoxy) is 1. The average molecular weight is 496 g/mol. The Hall–Kier alpha value is -2.29. The van der Waals surface area contributed by atoms with Crippen molar-refractivity contribution in [3.05, 3.63) is 41.4 Å². The third kappa shape index (κ3) is 6.64. The van der Waals surface area contributed by atoms with E-state index in [1.54, 1.807) is 6.20 Å². The van der Waals surface area contributed by atoms with Crippen LogP contribution in [-0.2, 0) is 6.18 Å². The first-order valence-electron chi connectivity index (χ1n) is 12.2. The number of hydrogen-bond donors (Lipinski definition) is 1. The first kappa shape index (κ1) is 24.8. The second kappa shape index (κ2) is 11.4. The van der Waals surface area contributed by atoms with Crippen LogP contribution in [0.25, 0.3) is 0 Å². The van der Waals surface area contributed by atoms with Gasteiger partial charge in [-0.15, -0.1) is 11.3 Å². The summed E-state index contributed by atoms with van der Waals surface area (Å²) in [7, 11) is 0. The Bertz CT molecular complexity index is 889. The number of alkyl halides is 3. The lowest BCUT2D eigenvalue weighted by molar-refractivity contribution is -0.137. The van der Waals surface area contributed by atoms with E-state index >= 15 is 0 Å². The van der Waals surface area contributed by atoms with Gasteiger partial charge in [0.15, 0.2) is 5.13 Å². The third-order valence-electron chi connectivity index (χ3n) is 6.98. The molecule has 2 amide bonds. The summed E-state index contributed by atoms with van der Waals surface area (Å²) in [5.74, 6) is 0.787. The number of aromatic nitrogens is 1. The van der Waals surface area contributed by atoms with Crippen LogP contribution in [0, 0.1) is 5.92 Å². The number of rotatable bonds is 6. The van der Waals surface area contributed by atoms with Gasteiger partial charge in [-0.25, -0.2) is 9.78 Å². The number of halogens is 3. The highest BCUT2D eigenvalue weighted by atomic mass is 32.1. The minimum Gasteiger partial charge on any atom is -0.493 e. The average Bonchev–Trinajstić information content (AvgIpc) is 3.19. The van der Waals surface area contributed by atoms with Crippen LogP contribution in [-0.4, -0.2) is 34.6 Å². The molecule has 2 aliphatic carbocycles. The van der Waals surface area contributed by atoms with E-state index < -0.39 is 11.7 Å². The standard InChI is InChI=1S/C25H32F3N3O2S/c26-25(27,28)19-9-13-22(14-10-19)33-17-18-7-11-21(12-8-18)31(20-5-3-1-2-4-6-20)24(32)30-23-29-15-16-34-23/h9-10,13-16,18,20-21H,1-8,11-12,17H2,(H,29,30,32). The molecule has 0 spiro atoms. The van der Waals surface area contributed by atoms with Gasteiger partial charge >= 0.3 is 12.2 Å². The highest BCUT2D eigenvalue weighted by Gasteiger charge is 2.34. The van der Waals surface area contributed by atoms with Crippen LogP contribution in [0.15, 0.2) is 35.8 Å². The van der Waals surface area contributed by atoms with E-state index in [9.17, 15) is 18.0 Å². The Morgan fingerprint density at radius 1 is 1.00 bits per heavy atom. The van der Waals surface area contributed by atoms with Gasteiger partial charge in [0.25, 0.3) is 0 Å². The van der Waals surface area contributed by atoms with Gasteiger partial charge in [-0.1, -0.05) is 25.7 Å². The maximum atomic E-state index is 13.3. The second-order valence-electron chi connectivity index (χ2n) is 9.33. The smallest absolute Gasteiger partial charge is 0.416 e. The predicted molar refractivity (Wildman–Crippen MR) is 127 cm³/mol. The molecule has 1 aromatic heterocycles. The van der Waals surface area contributed by atoms with Crippen LogP contribution in [0.4, 0.5) is 23.1 Å². The van der Waals surface area contributed by atoms with Crippen LogP contribution in [0.2, 0.25) is 0 Å². The van der Waals surface area contributed by atoms with Crippen molar-refractivity contribution in [3.8, 4) is 5.75 Å². The van der Waals surface area contributed by atoms with E-state index in [4.69, 9.17) is 4.74 Å². The molecule has 0 radical (unpaired) electrons. The Labute approximate surface area is 202 Å². The van der Waals surface area contributed by atoms with Crippen molar-refractivity contribution in [2.75, 3.05) is 11.9 Å². The lowest BCUT2D eigenvalue weighted by Gasteiger charge is -2.41. The van der Waals surface area contributed by atoms with Crippen molar-refractivity contribution in [2.24, 2.45) is 5.92 Å². The number of nitrogens with zero attached hydrogens (tertiary/aromatic N) is 2. The summed E-state index contributed by atoms with van der Waals surface area (Å²) >= 11 is 1.42. The Kier molecular flexibility index (Phi) is 8.34. The molecule has 0 aliphatic heterocycles. The summed E-state index contributed by atoms with van der Waals surface area (Å²) in [6, 6.07) is 5.26. The fraction of sp³-hybridized carbons (Fsp3) is 0.600. The van der Waals surface area contributed by atoms with Gasteiger partial charge in [0.2, 0.25) is 0 Å². The zero-order valence-electron chi connectivity index (χ0n) is 19.2. The monoisotopic (exact) mass is 495 g/mol. The molecule has 2 aliphatic rings. The Morgan fingerprint density at radius 2 is 1.65 bits per heavy atom. The lowest BCUT2D eigenvalue weighted by atomic mass is 9.85. The highest BCUT2D eigenvalue weighted by molar-refractivity contribution is 7.13. The molecule has 34 heavy (non-hydrogen) atoms. The molecule has 1 heterocycles. The fourth-order valence-electron chi connectivity index (χ4n) is 5.15. The number of thiazole rings is 1. The molecule has 9 heteroatoms. The molecule has 2 aromatic rings. The summed E-state index contributed by atoms with van der Waals surface area (Å²) in [4.78, 5) is 19.6. The quantitative estimate of drug-likeness (QED) is 0.426. The summed E-state index contributed by atoms with van der Waals surface area (Å²) in [6.07, 6.45) is 7.88. The van der Waals surface area contributed by atoms with Crippen molar-refractivity contribution in [3.63, 3.8) is 0 Å². The SMILES string of the molecule is O=C(Nc1nccs1)N(C1CCCCCC1)C1CCC(COc2ccc(C(F)(F)F)cc2)CC1. The van der Waals surface area contributed by atoms with Gasteiger partial charge in [-0.2, -0.15) is 13.2 Å². The highest BCUT2D eigenvalue weighted by Crippen LogP contribution is 2.34.